The molecule has 4 rings (SSSR count). The molecule has 1 N–H and O–H groups in total. The molecular formula is C19H18N4O3S. The van der Waals surface area contributed by atoms with Gasteiger partial charge < -0.3 is 18.8 Å². The number of carbonyl (C=O) groups excluding carboxylic acids is 1. The fraction of sp³-hybridized carbons (Fsp3) is 0.211. The van der Waals surface area contributed by atoms with E-state index in [1.54, 1.807) is 29.7 Å². The molecule has 0 aliphatic carbocycles. The van der Waals surface area contributed by atoms with Gasteiger partial charge in [-0.3, -0.25) is 4.79 Å². The highest BCUT2D eigenvalue weighted by Crippen LogP contribution is 2.24. The number of amides is 1. The Labute approximate surface area is 159 Å². The van der Waals surface area contributed by atoms with Gasteiger partial charge in [0.2, 0.25) is 17.6 Å². The normalized spacial score (nSPS) is 12.1. The number of nitrogens with one attached hydrogen (secondary N) is 1. The van der Waals surface area contributed by atoms with Crippen LogP contribution in [0.1, 0.15) is 23.9 Å². The van der Waals surface area contributed by atoms with Gasteiger partial charge in [-0.25, -0.2) is 0 Å². The minimum absolute atomic E-state index is 0.0137. The second-order valence-corrected chi connectivity index (χ2v) is 6.78. The van der Waals surface area contributed by atoms with Crippen LogP contribution in [0.25, 0.3) is 11.6 Å². The van der Waals surface area contributed by atoms with Crippen LogP contribution in [0.15, 0.2) is 68.7 Å². The zero-order valence-electron chi connectivity index (χ0n) is 14.4. The smallest absolute Gasteiger partial charge is 0.238 e. The Hall–Kier alpha value is -3.13. The molecule has 0 aromatic carbocycles. The van der Waals surface area contributed by atoms with Gasteiger partial charge in [0.05, 0.1) is 18.7 Å². The van der Waals surface area contributed by atoms with Crippen LogP contribution >= 0.6 is 11.3 Å². The van der Waals surface area contributed by atoms with Crippen molar-refractivity contribution in [2.45, 2.75) is 18.9 Å². The van der Waals surface area contributed by atoms with Crippen molar-refractivity contribution in [2.75, 3.05) is 6.54 Å². The summed E-state index contributed by atoms with van der Waals surface area (Å²) in [5.41, 5.74) is 1.13. The minimum atomic E-state index is -0.0225. The maximum absolute atomic E-state index is 12.4. The standard InChI is InChI=1S/C19H18N4O3S/c24-17(12-15(14-6-11-27-13-14)23-8-1-2-9-23)20-7-5-18-21-19(22-26-18)16-4-3-10-25-16/h1-4,6,8-11,13,15H,5,7,12H2,(H,20,24). The molecule has 0 saturated carbocycles. The fourth-order valence-electron chi connectivity index (χ4n) is 2.83. The zero-order valence-corrected chi connectivity index (χ0v) is 15.3. The number of hydrogen-bond donors (Lipinski definition) is 1. The molecule has 8 heteroatoms. The predicted molar refractivity (Wildman–Crippen MR) is 100 cm³/mol. The topological polar surface area (TPSA) is 86.1 Å². The summed E-state index contributed by atoms with van der Waals surface area (Å²) in [7, 11) is 0. The average molecular weight is 382 g/mol. The van der Waals surface area contributed by atoms with Gasteiger partial charge in [-0.2, -0.15) is 16.3 Å². The lowest BCUT2D eigenvalue weighted by Gasteiger charge is -2.17. The zero-order chi connectivity index (χ0) is 18.5. The quantitative estimate of drug-likeness (QED) is 0.504. The summed E-state index contributed by atoms with van der Waals surface area (Å²) in [5, 5.41) is 10.9. The Morgan fingerprint density at radius 3 is 2.89 bits per heavy atom. The first kappa shape index (κ1) is 17.3. The number of thiophene rings is 1. The van der Waals surface area contributed by atoms with Gasteiger partial charge in [-0.1, -0.05) is 5.16 Å². The largest absolute Gasteiger partial charge is 0.461 e. The van der Waals surface area contributed by atoms with E-state index in [1.165, 1.54) is 0 Å². The number of furan rings is 1. The van der Waals surface area contributed by atoms with E-state index in [1.807, 2.05) is 29.9 Å². The molecule has 4 aromatic heterocycles. The van der Waals surface area contributed by atoms with Crippen LogP contribution in [0, 0.1) is 0 Å². The molecule has 138 valence electrons. The first-order chi connectivity index (χ1) is 13.3. The number of aromatic nitrogens is 3. The van der Waals surface area contributed by atoms with Gasteiger partial charge in [0, 0.05) is 25.4 Å². The van der Waals surface area contributed by atoms with Crippen molar-refractivity contribution in [1.29, 1.82) is 0 Å². The summed E-state index contributed by atoms with van der Waals surface area (Å²) in [6.45, 7) is 0.431. The van der Waals surface area contributed by atoms with Gasteiger partial charge in [0.15, 0.2) is 5.76 Å². The monoisotopic (exact) mass is 382 g/mol. The summed E-state index contributed by atoms with van der Waals surface area (Å²) < 4.78 is 12.5. The molecule has 1 atom stereocenters. The molecule has 0 bridgehead atoms. The second kappa shape index (κ2) is 8.05. The summed E-state index contributed by atoms with van der Waals surface area (Å²) >= 11 is 1.63. The second-order valence-electron chi connectivity index (χ2n) is 6.00. The van der Waals surface area contributed by atoms with Crippen molar-refractivity contribution in [3.05, 3.63) is 71.2 Å². The van der Waals surface area contributed by atoms with E-state index in [4.69, 9.17) is 8.94 Å². The SMILES string of the molecule is O=C(CC(c1ccsc1)n1cccc1)NCCc1nc(-c2ccco2)no1. The maximum atomic E-state index is 12.4. The molecule has 0 aliphatic heterocycles. The van der Waals surface area contributed by atoms with E-state index in [2.05, 4.69) is 31.5 Å². The van der Waals surface area contributed by atoms with E-state index >= 15 is 0 Å². The van der Waals surface area contributed by atoms with E-state index in [0.29, 0.717) is 36.9 Å². The van der Waals surface area contributed by atoms with E-state index in [-0.39, 0.29) is 11.9 Å². The van der Waals surface area contributed by atoms with Gasteiger partial charge in [-0.05, 0) is 46.7 Å². The minimum Gasteiger partial charge on any atom is -0.461 e. The first-order valence-electron chi connectivity index (χ1n) is 8.57. The van der Waals surface area contributed by atoms with Crippen molar-refractivity contribution in [1.82, 2.24) is 20.0 Å². The number of nitrogens with zero attached hydrogens (tertiary/aromatic N) is 3. The Morgan fingerprint density at radius 2 is 2.15 bits per heavy atom. The molecule has 0 aliphatic rings. The Morgan fingerprint density at radius 1 is 1.26 bits per heavy atom. The van der Waals surface area contributed by atoms with E-state index in [0.717, 1.165) is 5.56 Å². The molecule has 4 heterocycles. The van der Waals surface area contributed by atoms with Gasteiger partial charge in [-0.15, -0.1) is 0 Å². The van der Waals surface area contributed by atoms with Crippen molar-refractivity contribution in [3.63, 3.8) is 0 Å². The van der Waals surface area contributed by atoms with Gasteiger partial charge >= 0.3 is 0 Å². The number of carbonyl (C=O) groups is 1. The highest BCUT2D eigenvalue weighted by Gasteiger charge is 2.18. The van der Waals surface area contributed by atoms with E-state index in [9.17, 15) is 4.79 Å². The molecule has 1 unspecified atom stereocenters. The molecule has 0 saturated heterocycles. The number of rotatable bonds is 8. The maximum Gasteiger partial charge on any atom is 0.238 e. The molecule has 4 aromatic rings. The van der Waals surface area contributed by atoms with Gasteiger partial charge in [0.25, 0.3) is 0 Å². The van der Waals surface area contributed by atoms with Crippen LogP contribution in [-0.2, 0) is 11.2 Å². The summed E-state index contributed by atoms with van der Waals surface area (Å²) in [6.07, 6.45) is 6.34. The highest BCUT2D eigenvalue weighted by atomic mass is 32.1. The Bertz CT molecular complexity index is 925. The first-order valence-corrected chi connectivity index (χ1v) is 9.51. The Kier molecular flexibility index (Phi) is 5.15. The van der Waals surface area contributed by atoms with Crippen LogP contribution in [0.4, 0.5) is 0 Å². The third-order valence-electron chi connectivity index (χ3n) is 4.16. The Balaban J connectivity index is 1.31. The van der Waals surface area contributed by atoms with Crippen molar-refractivity contribution in [2.24, 2.45) is 0 Å². The van der Waals surface area contributed by atoms with Crippen LogP contribution in [0.2, 0.25) is 0 Å². The lowest BCUT2D eigenvalue weighted by molar-refractivity contribution is -0.121. The lowest BCUT2D eigenvalue weighted by atomic mass is 10.1. The summed E-state index contributed by atoms with van der Waals surface area (Å²) in [6, 6.07) is 9.49. The lowest BCUT2D eigenvalue weighted by Crippen LogP contribution is -2.28. The predicted octanol–water partition coefficient (Wildman–Crippen LogP) is 3.53. The van der Waals surface area contributed by atoms with Crippen molar-refractivity contribution < 1.29 is 13.7 Å². The molecule has 1 amide bonds. The molecule has 27 heavy (non-hydrogen) atoms. The summed E-state index contributed by atoms with van der Waals surface area (Å²) in [5.74, 6) is 1.40. The molecular weight excluding hydrogens is 364 g/mol. The molecule has 0 spiro atoms. The summed E-state index contributed by atoms with van der Waals surface area (Å²) in [4.78, 5) is 16.7. The third-order valence-corrected chi connectivity index (χ3v) is 4.87. The number of hydrogen-bond acceptors (Lipinski definition) is 6. The van der Waals surface area contributed by atoms with Crippen LogP contribution in [0.3, 0.4) is 0 Å². The molecule has 7 nitrogen and oxygen atoms in total. The third kappa shape index (κ3) is 4.17. The van der Waals surface area contributed by atoms with Crippen LogP contribution in [-0.4, -0.2) is 27.2 Å². The molecule has 0 radical (unpaired) electrons. The van der Waals surface area contributed by atoms with Crippen molar-refractivity contribution >= 4 is 17.2 Å². The molecule has 0 fully saturated rings. The van der Waals surface area contributed by atoms with Gasteiger partial charge in [0.1, 0.15) is 0 Å². The van der Waals surface area contributed by atoms with Crippen LogP contribution in [0.5, 0.6) is 0 Å². The van der Waals surface area contributed by atoms with E-state index < -0.39 is 0 Å². The average Bonchev–Trinajstić information content (AvgIpc) is 3.48. The highest BCUT2D eigenvalue weighted by molar-refractivity contribution is 7.08. The van der Waals surface area contributed by atoms with Crippen molar-refractivity contribution in [3.8, 4) is 11.6 Å². The fourth-order valence-corrected chi connectivity index (χ4v) is 3.54. The van der Waals surface area contributed by atoms with Crippen LogP contribution < -0.4 is 5.32 Å².